The number of nitrogens with one attached hydrogen (secondary N) is 8. The number of nitriles is 1. The third-order valence-corrected chi connectivity index (χ3v) is 21.0. The van der Waals surface area contributed by atoms with Gasteiger partial charge in [-0.2, -0.15) is 25.7 Å². The predicted molar refractivity (Wildman–Crippen MR) is 382 cm³/mol. The van der Waals surface area contributed by atoms with Crippen LogP contribution in [0.15, 0.2) is 77.5 Å². The fourth-order valence-corrected chi connectivity index (χ4v) is 15.1. The maximum Gasteiger partial charge on any atom is 0.322 e. The van der Waals surface area contributed by atoms with Crippen molar-refractivity contribution < 1.29 is 51.3 Å². The molecule has 548 valence electrons. The van der Waals surface area contributed by atoms with Crippen molar-refractivity contribution in [1.82, 2.24) is 65.4 Å². The molecule has 16 rings (SSSR count). The number of aromatic nitrogens is 9. The Bertz CT molecular complexity index is 4470. The highest BCUT2D eigenvalue weighted by Crippen LogP contribution is 2.39. The number of pyridine rings is 1. The van der Waals surface area contributed by atoms with Crippen LogP contribution in [0, 0.1) is 42.6 Å². The standard InChI is InChI=1S/C19H20FN5O2.C19H23FN4O2.C19H24N4O2.C17H19BrFN5O2/c1-11-7-16-14(18(24-23-16)17-3-2-6-27-17)10-25(11)19(26)22-13-4-5-15(20)12(8-13)9-21;1-11-8-13(5-6-15(11)20)21-19(25)24-10-14-16(9-12(24)2)22-23-18(14)17-4-3-7-26-17;1-12-5-3-6-14(9-12)20-19(24)23-11-15-16(10-13(23)2)21-22-18(15)17-7-4-8-25-17;1-9-7-12-10(15(23-22-12)13-3-2-6-26-13)8-24(9)17(25)21-11-4-5-20-16(18)14(11)19/h4-5,8,11,17H,2-3,6-7,10H2,1H3,(H,22,26)(H,23,24);5-6,8,12,17H,3-4,7,9-10H2,1-2H3,(H,21,25)(H,22,23);3,5-6,9,13,17H,4,7-8,10-11H2,1-2H3,(H,20,24)(H,21,22);4-5,9,13H,2-3,6-8H2,1H3,(H,22,23)(H,20,21,25). The Hall–Kier alpha value is -9.67. The number of H-pyrrole nitrogens is 4. The molecule has 8 aliphatic rings. The Kier molecular flexibility index (Phi) is 22.5. The first-order chi connectivity index (χ1) is 50.2. The molecule has 5 aromatic heterocycles. The second kappa shape index (κ2) is 32.1. The Morgan fingerprint density at radius 3 is 1.22 bits per heavy atom. The molecule has 8 atom stereocenters. The number of halogens is 4. The van der Waals surface area contributed by atoms with E-state index in [1.165, 1.54) is 36.5 Å². The van der Waals surface area contributed by atoms with Crippen LogP contribution < -0.4 is 21.3 Å². The summed E-state index contributed by atoms with van der Waals surface area (Å²) in [5.41, 5.74) is 15.7. The van der Waals surface area contributed by atoms with Gasteiger partial charge in [0.15, 0.2) is 5.82 Å². The van der Waals surface area contributed by atoms with Crippen molar-refractivity contribution in [3.8, 4) is 6.07 Å². The highest BCUT2D eigenvalue weighted by Gasteiger charge is 2.39. The number of benzene rings is 3. The van der Waals surface area contributed by atoms with Crippen LogP contribution in [0.1, 0.15) is 188 Å². The highest BCUT2D eigenvalue weighted by atomic mass is 79.9. The molecule has 0 aliphatic carbocycles. The summed E-state index contributed by atoms with van der Waals surface area (Å²) in [6.07, 6.45) is 12.3. The first-order valence-electron chi connectivity index (χ1n) is 35.6. The van der Waals surface area contributed by atoms with Crippen molar-refractivity contribution >= 4 is 62.8 Å². The zero-order valence-electron chi connectivity index (χ0n) is 58.9. The topological polar surface area (TPSA) is 318 Å². The average Bonchev–Trinajstić information content (AvgIpc) is 1.65. The van der Waals surface area contributed by atoms with Crippen molar-refractivity contribution in [3.63, 3.8) is 0 Å². The number of aromatic amines is 4. The quantitative estimate of drug-likeness (QED) is 0.0656. The van der Waals surface area contributed by atoms with Crippen molar-refractivity contribution in [2.75, 3.05) is 47.7 Å². The molecular formula is C74H86BrF3N18O8. The van der Waals surface area contributed by atoms with E-state index in [2.05, 4.69) is 89.9 Å². The Balaban J connectivity index is 0.000000123. The van der Waals surface area contributed by atoms with Gasteiger partial charge in [-0.1, -0.05) is 12.1 Å². The maximum absolute atomic E-state index is 14.1. The van der Waals surface area contributed by atoms with E-state index >= 15 is 0 Å². The molecule has 0 radical (unpaired) electrons. The molecule has 0 spiro atoms. The molecular weight excluding hydrogens is 1410 g/mol. The molecule has 8 aromatic rings. The van der Waals surface area contributed by atoms with Crippen LogP contribution in [0.5, 0.6) is 0 Å². The third-order valence-electron chi connectivity index (χ3n) is 20.5. The number of fused-ring (bicyclic) bond motifs is 4. The Morgan fingerprint density at radius 2 is 0.865 bits per heavy atom. The smallest absolute Gasteiger partial charge is 0.322 e. The van der Waals surface area contributed by atoms with E-state index in [9.17, 15) is 32.3 Å². The van der Waals surface area contributed by atoms with Crippen LogP contribution in [0.25, 0.3) is 0 Å². The van der Waals surface area contributed by atoms with Crippen LogP contribution in [0.4, 0.5) is 55.1 Å². The maximum atomic E-state index is 14.1. The van der Waals surface area contributed by atoms with E-state index in [0.717, 1.165) is 170 Å². The number of anilines is 4. The Labute approximate surface area is 608 Å². The summed E-state index contributed by atoms with van der Waals surface area (Å²) in [4.78, 5) is 62.1. The molecule has 13 heterocycles. The number of ether oxygens (including phenoxy) is 4. The van der Waals surface area contributed by atoms with Gasteiger partial charge < -0.3 is 59.8 Å². The lowest BCUT2D eigenvalue weighted by atomic mass is 9.97. The van der Waals surface area contributed by atoms with Gasteiger partial charge in [-0.15, -0.1) is 0 Å². The zero-order valence-corrected chi connectivity index (χ0v) is 60.5. The first-order valence-corrected chi connectivity index (χ1v) is 36.4. The molecule has 8 N–H and O–H groups in total. The summed E-state index contributed by atoms with van der Waals surface area (Å²) < 4.78 is 64.1. The van der Waals surface area contributed by atoms with Crippen molar-refractivity contribution in [3.05, 3.63) is 179 Å². The first kappa shape index (κ1) is 72.7. The SMILES string of the molecule is CC1Cc2[nH]nc(C3CCCO3)c2CN1C(=O)Nc1ccc(F)c(C#N)c1.CC1Cc2[nH]nc(C3CCCO3)c2CN1C(=O)Nc1ccnc(Br)c1F.Cc1cc(NC(=O)N2Cc3c(C4CCCO4)n[nH]c3CC2C)ccc1F.Cc1cccc(NC(=O)N2Cc3c(C4CCCO4)n[nH]c3CC2C)c1. The number of amides is 8. The number of carbonyl (C=O) groups excluding carboxylic acids is 4. The number of aryl methyl sites for hydroxylation is 2. The molecule has 0 bridgehead atoms. The van der Waals surface area contributed by atoms with Crippen molar-refractivity contribution in [1.29, 1.82) is 5.26 Å². The Morgan fingerprint density at radius 1 is 0.500 bits per heavy atom. The molecule has 8 amide bonds. The van der Waals surface area contributed by atoms with Crippen LogP contribution in [0.3, 0.4) is 0 Å². The molecule has 4 fully saturated rings. The van der Waals surface area contributed by atoms with Gasteiger partial charge in [0.05, 0.1) is 60.2 Å². The van der Waals surface area contributed by atoms with Crippen molar-refractivity contribution in [2.45, 2.75) is 193 Å². The molecule has 30 heteroatoms. The molecule has 26 nitrogen and oxygen atoms in total. The summed E-state index contributed by atoms with van der Waals surface area (Å²) in [6, 6.07) is 18.9. The third kappa shape index (κ3) is 16.2. The number of urea groups is 4. The lowest BCUT2D eigenvalue weighted by molar-refractivity contribution is 0.106. The second-order valence-electron chi connectivity index (χ2n) is 27.8. The molecule has 0 saturated carbocycles. The minimum Gasteiger partial charge on any atom is -0.372 e. The minimum atomic E-state index is -0.605. The van der Waals surface area contributed by atoms with E-state index < -0.39 is 11.6 Å². The van der Waals surface area contributed by atoms with Gasteiger partial charge in [0.1, 0.15) is 46.7 Å². The van der Waals surface area contributed by atoms with E-state index in [-0.39, 0.29) is 94.4 Å². The normalized spacial score (nSPS) is 22.2. The van der Waals surface area contributed by atoms with Crippen LogP contribution in [-0.2, 0) is 70.8 Å². The van der Waals surface area contributed by atoms with Gasteiger partial charge in [-0.25, -0.2) is 37.3 Å². The fraction of sp³-hybridized carbons (Fsp3) is 0.459. The summed E-state index contributed by atoms with van der Waals surface area (Å²) in [5.74, 6) is -1.47. The van der Waals surface area contributed by atoms with E-state index in [1.807, 2.05) is 56.9 Å². The van der Waals surface area contributed by atoms with Gasteiger partial charge in [0.2, 0.25) is 0 Å². The van der Waals surface area contributed by atoms with E-state index in [4.69, 9.17) is 24.2 Å². The molecule has 3 aromatic carbocycles. The lowest BCUT2D eigenvalue weighted by Gasteiger charge is -2.33. The summed E-state index contributed by atoms with van der Waals surface area (Å²) in [5, 5.41) is 50.6. The summed E-state index contributed by atoms with van der Waals surface area (Å²) >= 11 is 3.03. The number of nitrogens with zero attached hydrogens (tertiary/aromatic N) is 10. The van der Waals surface area contributed by atoms with E-state index in [0.29, 0.717) is 56.0 Å². The minimum absolute atomic E-state index is 0.0121. The van der Waals surface area contributed by atoms with Gasteiger partial charge in [0, 0.05) is 145 Å². The van der Waals surface area contributed by atoms with Crippen LogP contribution in [0.2, 0.25) is 0 Å². The summed E-state index contributed by atoms with van der Waals surface area (Å²) in [6.45, 7) is 16.7. The lowest BCUT2D eigenvalue weighted by Crippen LogP contribution is -2.45. The van der Waals surface area contributed by atoms with Gasteiger partial charge in [-0.3, -0.25) is 20.4 Å². The fourth-order valence-electron chi connectivity index (χ4n) is 14.7. The van der Waals surface area contributed by atoms with Crippen LogP contribution >= 0.6 is 15.9 Å². The van der Waals surface area contributed by atoms with Gasteiger partial charge in [0.25, 0.3) is 0 Å². The molecule has 4 saturated heterocycles. The summed E-state index contributed by atoms with van der Waals surface area (Å²) in [7, 11) is 0. The zero-order chi connectivity index (χ0) is 72.9. The van der Waals surface area contributed by atoms with Gasteiger partial charge >= 0.3 is 24.1 Å². The monoisotopic (exact) mass is 1490 g/mol. The van der Waals surface area contributed by atoms with Gasteiger partial charge in [-0.05, 0) is 175 Å². The number of hydrogen-bond acceptors (Lipinski definition) is 14. The predicted octanol–water partition coefficient (Wildman–Crippen LogP) is 14.0. The number of carbonyl (C=O) groups is 4. The molecule has 104 heavy (non-hydrogen) atoms. The van der Waals surface area contributed by atoms with E-state index in [1.54, 1.807) is 39.8 Å². The molecule has 8 aliphatic heterocycles. The highest BCUT2D eigenvalue weighted by molar-refractivity contribution is 9.10. The van der Waals surface area contributed by atoms with Crippen LogP contribution in [-0.4, -0.2) is 140 Å². The average molecular weight is 1490 g/mol. The number of rotatable bonds is 8. The van der Waals surface area contributed by atoms with Crippen molar-refractivity contribution in [2.24, 2.45) is 0 Å². The second-order valence-corrected chi connectivity index (χ2v) is 28.6. The largest absolute Gasteiger partial charge is 0.372 e. The number of hydrogen-bond donors (Lipinski definition) is 8. The molecule has 8 unspecified atom stereocenters.